The number of carbonyl (C=O) groups is 1. The summed E-state index contributed by atoms with van der Waals surface area (Å²) < 4.78 is 0. The Morgan fingerprint density at radius 2 is 2.62 bits per heavy atom. The second kappa shape index (κ2) is 5.63. The highest BCUT2D eigenvalue weighted by atomic mass is 16.6. The van der Waals surface area contributed by atoms with Gasteiger partial charge >= 0.3 is 0 Å². The molecular formula is C4H4N2O2. The molecule has 0 saturated carbocycles. The van der Waals surface area contributed by atoms with E-state index in [4.69, 9.17) is 5.26 Å². The summed E-state index contributed by atoms with van der Waals surface area (Å²) in [6, 6.07) is 1.67. The number of aldehydes is 1. The normalized spacial score (nSPS) is 8.38. The molecule has 0 aliphatic heterocycles. The molecule has 0 atom stereocenters. The van der Waals surface area contributed by atoms with Crippen molar-refractivity contribution in [2.75, 3.05) is 6.61 Å². The first-order valence-electron chi connectivity index (χ1n) is 1.88. The first-order valence-corrected chi connectivity index (χ1v) is 1.88. The summed E-state index contributed by atoms with van der Waals surface area (Å²) in [7, 11) is 0. The van der Waals surface area contributed by atoms with E-state index in [1.54, 1.807) is 6.07 Å². The molecule has 0 spiro atoms. The van der Waals surface area contributed by atoms with Gasteiger partial charge in [-0.25, -0.2) is 0 Å². The number of nitrogens with zero attached hydrogens (tertiary/aromatic N) is 2. The highest BCUT2D eigenvalue weighted by Gasteiger charge is 1.71. The third-order valence-electron chi connectivity index (χ3n) is 0.325. The summed E-state index contributed by atoms with van der Waals surface area (Å²) >= 11 is 0. The average molecular weight is 112 g/mol. The fourth-order valence-electron chi connectivity index (χ4n) is 0.134. The van der Waals surface area contributed by atoms with Gasteiger partial charge in [0, 0.05) is 0 Å². The lowest BCUT2D eigenvalue weighted by Crippen LogP contribution is -1.82. The van der Waals surface area contributed by atoms with Gasteiger partial charge in [-0.1, -0.05) is 5.16 Å². The molecular weight excluding hydrogens is 108 g/mol. The van der Waals surface area contributed by atoms with Crippen LogP contribution in [0.2, 0.25) is 0 Å². The summed E-state index contributed by atoms with van der Waals surface area (Å²) in [5, 5.41) is 10.9. The third kappa shape index (κ3) is 4.63. The molecule has 0 aromatic rings. The predicted molar refractivity (Wildman–Crippen MR) is 26.1 cm³/mol. The molecule has 0 radical (unpaired) electrons. The number of rotatable bonds is 3. The first-order chi connectivity index (χ1) is 3.91. The Morgan fingerprint density at radius 3 is 3.12 bits per heavy atom. The Morgan fingerprint density at radius 1 is 1.88 bits per heavy atom. The van der Waals surface area contributed by atoms with Crippen LogP contribution < -0.4 is 0 Å². The third-order valence-corrected chi connectivity index (χ3v) is 0.325. The Balaban J connectivity index is 3.06. The van der Waals surface area contributed by atoms with Gasteiger partial charge < -0.3 is 4.84 Å². The van der Waals surface area contributed by atoms with E-state index in [-0.39, 0.29) is 6.61 Å². The largest absolute Gasteiger partial charge is 0.380 e. The Bertz CT molecular complexity index is 124. The molecule has 0 aliphatic carbocycles. The van der Waals surface area contributed by atoms with Crippen molar-refractivity contribution in [2.24, 2.45) is 5.16 Å². The SMILES string of the molecule is N#CCON=CC=O. The predicted octanol–water partition coefficient (Wildman–Crippen LogP) is -0.289. The van der Waals surface area contributed by atoms with Crippen LogP contribution in [0.25, 0.3) is 0 Å². The Kier molecular flexibility index (Phi) is 4.67. The highest BCUT2D eigenvalue weighted by Crippen LogP contribution is 1.67. The summed E-state index contributed by atoms with van der Waals surface area (Å²) in [4.78, 5) is 13.7. The van der Waals surface area contributed by atoms with Crippen molar-refractivity contribution in [2.45, 2.75) is 0 Å². The topological polar surface area (TPSA) is 62.4 Å². The van der Waals surface area contributed by atoms with Gasteiger partial charge in [0.25, 0.3) is 0 Å². The lowest BCUT2D eigenvalue weighted by atomic mass is 10.8. The molecule has 4 heteroatoms. The van der Waals surface area contributed by atoms with Crippen LogP contribution in [0.15, 0.2) is 5.16 Å². The van der Waals surface area contributed by atoms with Crippen molar-refractivity contribution in [3.63, 3.8) is 0 Å². The number of hydrogen-bond donors (Lipinski definition) is 0. The molecule has 0 amide bonds. The van der Waals surface area contributed by atoms with Crippen molar-refractivity contribution >= 4 is 12.5 Å². The second-order valence-corrected chi connectivity index (χ2v) is 0.822. The van der Waals surface area contributed by atoms with Gasteiger partial charge in [0.15, 0.2) is 6.29 Å². The zero-order valence-corrected chi connectivity index (χ0v) is 4.07. The number of oxime groups is 1. The van der Waals surface area contributed by atoms with Crippen LogP contribution in [-0.4, -0.2) is 19.1 Å². The minimum atomic E-state index is -0.121. The van der Waals surface area contributed by atoms with E-state index in [0.29, 0.717) is 6.29 Å². The maximum absolute atomic E-state index is 9.46. The van der Waals surface area contributed by atoms with Crippen molar-refractivity contribution in [3.8, 4) is 6.07 Å². The minimum Gasteiger partial charge on any atom is -0.380 e. The molecule has 0 unspecified atom stereocenters. The van der Waals surface area contributed by atoms with Crippen molar-refractivity contribution in [3.05, 3.63) is 0 Å². The molecule has 42 valence electrons. The number of hydrogen-bond acceptors (Lipinski definition) is 4. The average Bonchev–Trinajstić information content (AvgIpc) is 1.81. The molecule has 0 saturated heterocycles. The molecule has 0 aromatic carbocycles. The van der Waals surface area contributed by atoms with Crippen LogP contribution >= 0.6 is 0 Å². The smallest absolute Gasteiger partial charge is 0.202 e. The second-order valence-electron chi connectivity index (χ2n) is 0.822. The van der Waals surface area contributed by atoms with Gasteiger partial charge in [0.05, 0.1) is 0 Å². The molecule has 0 aliphatic rings. The van der Waals surface area contributed by atoms with Gasteiger partial charge in [-0.15, -0.1) is 0 Å². The molecule has 4 nitrogen and oxygen atoms in total. The van der Waals surface area contributed by atoms with E-state index in [2.05, 4.69) is 9.99 Å². The monoisotopic (exact) mass is 112 g/mol. The van der Waals surface area contributed by atoms with E-state index in [1.807, 2.05) is 0 Å². The zero-order valence-electron chi connectivity index (χ0n) is 4.07. The van der Waals surface area contributed by atoms with E-state index >= 15 is 0 Å². The van der Waals surface area contributed by atoms with E-state index in [1.165, 1.54) is 0 Å². The molecule has 0 bridgehead atoms. The molecule has 0 rings (SSSR count). The highest BCUT2D eigenvalue weighted by molar-refractivity contribution is 6.12. The summed E-state index contributed by atoms with van der Waals surface area (Å²) in [5.74, 6) is 0. The van der Waals surface area contributed by atoms with Crippen LogP contribution in [0.1, 0.15) is 0 Å². The van der Waals surface area contributed by atoms with E-state index in [9.17, 15) is 4.79 Å². The fraction of sp³-hybridized carbons (Fsp3) is 0.250. The minimum absolute atomic E-state index is 0.121. The Hall–Kier alpha value is -1.37. The van der Waals surface area contributed by atoms with Crippen molar-refractivity contribution in [1.29, 1.82) is 5.26 Å². The molecule has 0 aromatic heterocycles. The van der Waals surface area contributed by atoms with Crippen molar-refractivity contribution < 1.29 is 9.63 Å². The van der Waals surface area contributed by atoms with E-state index < -0.39 is 0 Å². The van der Waals surface area contributed by atoms with Crippen molar-refractivity contribution in [1.82, 2.24) is 0 Å². The number of nitriles is 1. The molecule has 0 fully saturated rings. The lowest BCUT2D eigenvalue weighted by molar-refractivity contribution is -0.102. The number of carbonyl (C=O) groups excluding carboxylic acids is 1. The molecule has 0 heterocycles. The van der Waals surface area contributed by atoms with Gasteiger partial charge in [0.2, 0.25) is 6.61 Å². The standard InChI is InChI=1S/C4H4N2O2/c5-1-4-8-6-2-3-7/h2-3H,4H2. The van der Waals surface area contributed by atoms with Gasteiger partial charge in [-0.05, 0) is 0 Å². The fourth-order valence-corrected chi connectivity index (χ4v) is 0.134. The molecule has 0 N–H and O–H groups in total. The van der Waals surface area contributed by atoms with Crippen LogP contribution in [0.4, 0.5) is 0 Å². The summed E-state index contributed by atoms with van der Waals surface area (Å²) in [5.41, 5.74) is 0. The summed E-state index contributed by atoms with van der Waals surface area (Å²) in [6.45, 7) is -0.121. The lowest BCUT2D eigenvalue weighted by Gasteiger charge is -1.82. The van der Waals surface area contributed by atoms with Crippen LogP contribution in [0.3, 0.4) is 0 Å². The first kappa shape index (κ1) is 6.63. The quantitative estimate of drug-likeness (QED) is 0.218. The van der Waals surface area contributed by atoms with Gasteiger partial charge in [0.1, 0.15) is 12.3 Å². The van der Waals surface area contributed by atoms with E-state index in [0.717, 1.165) is 6.21 Å². The van der Waals surface area contributed by atoms with Crippen LogP contribution in [0.5, 0.6) is 0 Å². The van der Waals surface area contributed by atoms with Gasteiger partial charge in [-0.2, -0.15) is 5.26 Å². The molecule has 8 heavy (non-hydrogen) atoms. The van der Waals surface area contributed by atoms with Crippen LogP contribution in [-0.2, 0) is 9.63 Å². The zero-order chi connectivity index (χ0) is 6.24. The maximum atomic E-state index is 9.46. The maximum Gasteiger partial charge on any atom is 0.202 e. The van der Waals surface area contributed by atoms with Crippen LogP contribution in [0, 0.1) is 11.3 Å². The Labute approximate surface area is 46.4 Å². The van der Waals surface area contributed by atoms with Gasteiger partial charge in [-0.3, -0.25) is 4.79 Å². The summed E-state index contributed by atoms with van der Waals surface area (Å²) in [6.07, 6.45) is 1.40.